The van der Waals surface area contributed by atoms with Crippen molar-refractivity contribution in [2.75, 3.05) is 39.6 Å². The molecule has 2 heterocycles. The second-order valence-corrected chi connectivity index (χ2v) is 7.95. The van der Waals surface area contributed by atoms with E-state index in [0.717, 1.165) is 0 Å². The molecule has 0 aromatic heterocycles. The molecule has 2 rings (SSSR count). The summed E-state index contributed by atoms with van der Waals surface area (Å²) >= 11 is 0. The van der Waals surface area contributed by atoms with Gasteiger partial charge in [-0.05, 0) is 0 Å². The standard InChI is InChI=1S/C16H28O7/c1-14(2,5-17)12-20-7-16(8-21-12)9-22-13(23-10-16)15(3,4)6-19-11-18/h11-13,17H,5-10H2,1-4H3. The fraction of sp³-hybridized carbons (Fsp3) is 0.938. The number of carbonyl (C=O) groups excluding carboxylic acids is 1. The zero-order chi connectivity index (χ0) is 17.1. The average molecular weight is 332 g/mol. The second kappa shape index (κ2) is 7.03. The molecule has 134 valence electrons. The minimum Gasteiger partial charge on any atom is -0.467 e. The van der Waals surface area contributed by atoms with E-state index >= 15 is 0 Å². The van der Waals surface area contributed by atoms with E-state index in [4.69, 9.17) is 23.7 Å². The number of aliphatic hydroxyl groups is 1. The Bertz CT molecular complexity index is 389. The summed E-state index contributed by atoms with van der Waals surface area (Å²) in [7, 11) is 0. The highest BCUT2D eigenvalue weighted by molar-refractivity contribution is 5.37. The summed E-state index contributed by atoms with van der Waals surface area (Å²) in [5, 5.41) is 9.40. The lowest BCUT2D eigenvalue weighted by Crippen LogP contribution is -2.57. The zero-order valence-electron chi connectivity index (χ0n) is 14.4. The zero-order valence-corrected chi connectivity index (χ0v) is 14.4. The Morgan fingerprint density at radius 3 is 1.83 bits per heavy atom. The van der Waals surface area contributed by atoms with Gasteiger partial charge in [0.05, 0.1) is 38.4 Å². The maximum Gasteiger partial charge on any atom is 0.293 e. The van der Waals surface area contributed by atoms with Crippen LogP contribution in [0.15, 0.2) is 0 Å². The molecule has 0 aliphatic carbocycles. The molecule has 0 radical (unpaired) electrons. The van der Waals surface area contributed by atoms with E-state index < -0.39 is 23.4 Å². The molecule has 0 unspecified atom stereocenters. The number of hydrogen-bond donors (Lipinski definition) is 1. The van der Waals surface area contributed by atoms with Gasteiger partial charge in [0.15, 0.2) is 12.6 Å². The third kappa shape index (κ3) is 4.22. The van der Waals surface area contributed by atoms with Crippen molar-refractivity contribution in [2.45, 2.75) is 40.3 Å². The number of aliphatic hydroxyl groups excluding tert-OH is 1. The lowest BCUT2D eigenvalue weighted by molar-refractivity contribution is -0.337. The minimum absolute atomic E-state index is 0.00926. The number of ether oxygens (including phenoxy) is 5. The first-order valence-corrected chi connectivity index (χ1v) is 7.87. The molecule has 7 nitrogen and oxygen atoms in total. The fourth-order valence-corrected chi connectivity index (χ4v) is 2.65. The Hall–Kier alpha value is -0.730. The van der Waals surface area contributed by atoms with E-state index in [9.17, 15) is 9.90 Å². The number of rotatable bonds is 6. The van der Waals surface area contributed by atoms with Gasteiger partial charge in [-0.25, -0.2) is 0 Å². The van der Waals surface area contributed by atoms with Crippen LogP contribution in [0.3, 0.4) is 0 Å². The topological polar surface area (TPSA) is 83.5 Å². The van der Waals surface area contributed by atoms with Gasteiger partial charge in [0, 0.05) is 10.8 Å². The molecule has 2 fully saturated rings. The molecular formula is C16H28O7. The Kier molecular flexibility index (Phi) is 5.68. The minimum atomic E-state index is -0.450. The van der Waals surface area contributed by atoms with Gasteiger partial charge >= 0.3 is 0 Å². The molecule has 23 heavy (non-hydrogen) atoms. The normalized spacial score (nSPS) is 32.7. The smallest absolute Gasteiger partial charge is 0.293 e. The Morgan fingerprint density at radius 1 is 1.00 bits per heavy atom. The highest BCUT2D eigenvalue weighted by atomic mass is 16.7. The SMILES string of the molecule is CC(C)(CO)C1OCC2(CO1)COC(C(C)(C)COC=O)OC2. The first-order chi connectivity index (χ1) is 10.7. The Balaban J connectivity index is 1.86. The van der Waals surface area contributed by atoms with Gasteiger partial charge in [0.2, 0.25) is 0 Å². The Labute approximate surface area is 137 Å². The van der Waals surface area contributed by atoms with E-state index in [1.54, 1.807) is 0 Å². The van der Waals surface area contributed by atoms with Crippen molar-refractivity contribution in [3.05, 3.63) is 0 Å². The van der Waals surface area contributed by atoms with Gasteiger partial charge in [-0.2, -0.15) is 0 Å². The van der Waals surface area contributed by atoms with Crippen molar-refractivity contribution in [2.24, 2.45) is 16.2 Å². The molecule has 2 aliphatic heterocycles. The highest BCUT2D eigenvalue weighted by Crippen LogP contribution is 2.38. The fourth-order valence-electron chi connectivity index (χ4n) is 2.65. The molecule has 1 spiro atoms. The highest BCUT2D eigenvalue weighted by Gasteiger charge is 2.47. The van der Waals surface area contributed by atoms with Crippen molar-refractivity contribution in [3.63, 3.8) is 0 Å². The quantitative estimate of drug-likeness (QED) is 0.725. The van der Waals surface area contributed by atoms with Gasteiger partial charge in [-0.1, -0.05) is 27.7 Å². The summed E-state index contributed by atoms with van der Waals surface area (Å²) < 4.78 is 28.1. The molecule has 7 heteroatoms. The van der Waals surface area contributed by atoms with Gasteiger partial charge in [-0.15, -0.1) is 0 Å². The number of carbonyl (C=O) groups is 1. The van der Waals surface area contributed by atoms with E-state index in [1.807, 2.05) is 27.7 Å². The van der Waals surface area contributed by atoms with Gasteiger partial charge in [0.25, 0.3) is 6.47 Å². The van der Waals surface area contributed by atoms with Crippen LogP contribution < -0.4 is 0 Å². The van der Waals surface area contributed by atoms with Crippen molar-refractivity contribution in [1.82, 2.24) is 0 Å². The van der Waals surface area contributed by atoms with E-state index in [0.29, 0.717) is 32.9 Å². The van der Waals surface area contributed by atoms with Crippen LogP contribution in [0.5, 0.6) is 0 Å². The largest absolute Gasteiger partial charge is 0.467 e. The van der Waals surface area contributed by atoms with Crippen LogP contribution in [-0.2, 0) is 28.5 Å². The second-order valence-electron chi connectivity index (χ2n) is 7.95. The van der Waals surface area contributed by atoms with Gasteiger partial charge in [0.1, 0.15) is 6.61 Å². The summed E-state index contributed by atoms with van der Waals surface area (Å²) in [6.07, 6.45) is -0.882. The molecular weight excluding hydrogens is 304 g/mol. The molecule has 0 atom stereocenters. The lowest BCUT2D eigenvalue weighted by Gasteiger charge is -2.48. The molecule has 0 aromatic rings. The van der Waals surface area contributed by atoms with Crippen LogP contribution >= 0.6 is 0 Å². The molecule has 0 amide bonds. The summed E-state index contributed by atoms with van der Waals surface area (Å²) in [6.45, 7) is 10.1. The first kappa shape index (κ1) is 18.6. The third-order valence-electron chi connectivity index (χ3n) is 4.37. The molecule has 0 saturated carbocycles. The van der Waals surface area contributed by atoms with Crippen molar-refractivity contribution in [3.8, 4) is 0 Å². The van der Waals surface area contributed by atoms with Crippen LogP contribution in [0.1, 0.15) is 27.7 Å². The summed E-state index contributed by atoms with van der Waals surface area (Å²) in [6, 6.07) is 0. The maximum absolute atomic E-state index is 10.4. The van der Waals surface area contributed by atoms with Crippen LogP contribution in [-0.4, -0.2) is 63.8 Å². The summed E-state index contributed by atoms with van der Waals surface area (Å²) in [4.78, 5) is 10.4. The van der Waals surface area contributed by atoms with Crippen LogP contribution in [0, 0.1) is 16.2 Å². The number of hydrogen-bond acceptors (Lipinski definition) is 7. The van der Waals surface area contributed by atoms with Crippen LogP contribution in [0.25, 0.3) is 0 Å². The molecule has 2 saturated heterocycles. The van der Waals surface area contributed by atoms with Crippen molar-refractivity contribution in [1.29, 1.82) is 0 Å². The summed E-state index contributed by atoms with van der Waals surface area (Å²) in [5.74, 6) is 0. The third-order valence-corrected chi connectivity index (χ3v) is 4.37. The first-order valence-electron chi connectivity index (χ1n) is 7.87. The van der Waals surface area contributed by atoms with E-state index in [-0.39, 0.29) is 18.6 Å². The van der Waals surface area contributed by atoms with E-state index in [1.165, 1.54) is 0 Å². The van der Waals surface area contributed by atoms with Crippen molar-refractivity contribution < 1.29 is 33.6 Å². The maximum atomic E-state index is 10.4. The molecule has 2 aliphatic rings. The average Bonchev–Trinajstić information content (AvgIpc) is 2.54. The van der Waals surface area contributed by atoms with E-state index in [2.05, 4.69) is 0 Å². The molecule has 1 N–H and O–H groups in total. The van der Waals surface area contributed by atoms with Crippen molar-refractivity contribution >= 4 is 6.47 Å². The van der Waals surface area contributed by atoms with Gasteiger partial charge < -0.3 is 28.8 Å². The predicted octanol–water partition coefficient (Wildman–Crippen LogP) is 0.936. The lowest BCUT2D eigenvalue weighted by atomic mass is 9.86. The predicted molar refractivity (Wildman–Crippen MR) is 80.5 cm³/mol. The van der Waals surface area contributed by atoms with Gasteiger partial charge in [-0.3, -0.25) is 4.79 Å². The molecule has 0 aromatic carbocycles. The van der Waals surface area contributed by atoms with Crippen LogP contribution in [0.4, 0.5) is 0 Å². The Morgan fingerprint density at radius 2 is 1.43 bits per heavy atom. The monoisotopic (exact) mass is 332 g/mol. The molecule has 0 bridgehead atoms. The van der Waals surface area contributed by atoms with Crippen LogP contribution in [0.2, 0.25) is 0 Å². The summed E-state index contributed by atoms with van der Waals surface area (Å²) in [5.41, 5.74) is -1.21.